The van der Waals surface area contributed by atoms with Crippen LogP contribution < -0.4 is 0 Å². The number of rotatable bonds is 6. The van der Waals surface area contributed by atoms with Crippen LogP contribution in [-0.2, 0) is 18.9 Å². The minimum Gasteiger partial charge on any atom is -0.434 e. The summed E-state index contributed by atoms with van der Waals surface area (Å²) < 4.78 is 21.5. The summed E-state index contributed by atoms with van der Waals surface area (Å²) in [5.74, 6) is 2.69. The Balaban J connectivity index is 1.49. The maximum atomic E-state index is 12.1. The van der Waals surface area contributed by atoms with Crippen LogP contribution in [0.1, 0.15) is 39.5 Å². The first-order valence-electron chi connectivity index (χ1n) is 9.99. The fourth-order valence-electron chi connectivity index (χ4n) is 5.90. The molecule has 0 spiro atoms. The Labute approximate surface area is 154 Å². The number of carbonyl (C=O) groups excluding carboxylic acids is 2. The van der Waals surface area contributed by atoms with E-state index in [1.165, 1.54) is 6.42 Å². The van der Waals surface area contributed by atoms with Crippen LogP contribution in [0.15, 0.2) is 12.2 Å². The first-order chi connectivity index (χ1) is 12.6. The Morgan fingerprint density at radius 3 is 1.69 bits per heavy atom. The van der Waals surface area contributed by atoms with E-state index < -0.39 is 24.5 Å². The van der Waals surface area contributed by atoms with Crippen molar-refractivity contribution in [2.45, 2.75) is 51.7 Å². The smallest absolute Gasteiger partial charge is 0.434 e. The molecule has 26 heavy (non-hydrogen) atoms. The zero-order valence-electron chi connectivity index (χ0n) is 15.5. The van der Waals surface area contributed by atoms with Crippen molar-refractivity contribution >= 4 is 12.3 Å². The predicted octanol–water partition coefficient (Wildman–Crippen LogP) is 3.94. The van der Waals surface area contributed by atoms with Gasteiger partial charge in [-0.3, -0.25) is 0 Å². The second-order valence-corrected chi connectivity index (χ2v) is 8.03. The van der Waals surface area contributed by atoms with Crippen molar-refractivity contribution in [3.8, 4) is 0 Å². The zero-order valence-corrected chi connectivity index (χ0v) is 15.5. The van der Waals surface area contributed by atoms with Gasteiger partial charge in [-0.2, -0.15) is 0 Å². The normalized spacial score (nSPS) is 41.2. The standard InChI is InChI=1S/C20H28O6/c1-3-7-23-19(21)25-17-13-10-14(18(17)26-20(22)24-8-4-2)16-12-6-5-11(9-12)15(13)16/h5-6,11-18H,3-4,7-10H2,1-2H3. The van der Waals surface area contributed by atoms with Crippen molar-refractivity contribution in [1.29, 1.82) is 0 Å². The SMILES string of the molecule is CCCOC(=O)OC1C2CC(C1OC(=O)OCCC)C1C3C=CC(C3)C21. The highest BCUT2D eigenvalue weighted by Crippen LogP contribution is 2.66. The molecule has 8 atom stereocenters. The largest absolute Gasteiger partial charge is 0.508 e. The molecule has 0 aliphatic heterocycles. The second kappa shape index (κ2) is 7.12. The number of allylic oxidation sites excluding steroid dienone is 2. The Morgan fingerprint density at radius 2 is 1.27 bits per heavy atom. The van der Waals surface area contributed by atoms with E-state index in [1.54, 1.807) is 0 Å². The predicted molar refractivity (Wildman–Crippen MR) is 92.3 cm³/mol. The summed E-state index contributed by atoms with van der Waals surface area (Å²) in [6.45, 7) is 4.55. The first kappa shape index (κ1) is 17.7. The molecule has 0 aromatic heterocycles. The Hall–Kier alpha value is -1.72. The van der Waals surface area contributed by atoms with Crippen molar-refractivity contribution < 1.29 is 28.5 Å². The molecule has 0 aromatic rings. The maximum absolute atomic E-state index is 12.1. The minimum atomic E-state index is -0.657. The van der Waals surface area contributed by atoms with Crippen molar-refractivity contribution in [2.75, 3.05) is 13.2 Å². The van der Waals surface area contributed by atoms with Gasteiger partial charge in [0.25, 0.3) is 0 Å². The average Bonchev–Trinajstić information content (AvgIpc) is 3.38. The summed E-state index contributed by atoms with van der Waals surface area (Å²) in [5, 5.41) is 0. The van der Waals surface area contributed by atoms with Gasteiger partial charge >= 0.3 is 12.3 Å². The fraction of sp³-hybridized carbons (Fsp3) is 0.800. The Kier molecular flexibility index (Phi) is 4.84. The molecule has 0 saturated heterocycles. The highest BCUT2D eigenvalue weighted by atomic mass is 16.8. The molecular formula is C20H28O6. The highest BCUT2D eigenvalue weighted by molar-refractivity contribution is 5.62. The van der Waals surface area contributed by atoms with Crippen LogP contribution in [0.3, 0.4) is 0 Å². The van der Waals surface area contributed by atoms with Gasteiger partial charge in [-0.05, 0) is 49.4 Å². The van der Waals surface area contributed by atoms with Gasteiger partial charge < -0.3 is 18.9 Å². The van der Waals surface area contributed by atoms with Crippen LogP contribution in [0.25, 0.3) is 0 Å². The van der Waals surface area contributed by atoms with Crippen LogP contribution in [0.4, 0.5) is 9.59 Å². The third-order valence-electron chi connectivity index (χ3n) is 6.60. The summed E-state index contributed by atoms with van der Waals surface area (Å²) >= 11 is 0. The summed E-state index contributed by atoms with van der Waals surface area (Å²) in [7, 11) is 0. The molecule has 4 bridgehead atoms. The number of hydrogen-bond acceptors (Lipinski definition) is 6. The molecule has 8 unspecified atom stereocenters. The molecule has 3 saturated carbocycles. The van der Waals surface area contributed by atoms with Crippen LogP contribution in [-0.4, -0.2) is 37.7 Å². The van der Waals surface area contributed by atoms with Gasteiger partial charge in [-0.15, -0.1) is 0 Å². The molecule has 0 N–H and O–H groups in total. The van der Waals surface area contributed by atoms with Gasteiger partial charge in [-0.25, -0.2) is 9.59 Å². The zero-order chi connectivity index (χ0) is 18.3. The van der Waals surface area contributed by atoms with E-state index in [0.717, 1.165) is 19.3 Å². The van der Waals surface area contributed by atoms with Gasteiger partial charge in [-0.1, -0.05) is 26.0 Å². The molecule has 3 fully saturated rings. The van der Waals surface area contributed by atoms with Crippen LogP contribution >= 0.6 is 0 Å². The summed E-state index contributed by atoms with van der Waals surface area (Å²) in [6, 6.07) is 0. The Morgan fingerprint density at radius 1 is 0.808 bits per heavy atom. The van der Waals surface area contributed by atoms with E-state index in [4.69, 9.17) is 18.9 Å². The summed E-state index contributed by atoms with van der Waals surface area (Å²) in [6.07, 6.45) is 6.10. The lowest BCUT2D eigenvalue weighted by Gasteiger charge is -2.40. The lowest BCUT2D eigenvalue weighted by atomic mass is 9.71. The molecule has 6 nitrogen and oxygen atoms in total. The fourth-order valence-corrected chi connectivity index (χ4v) is 5.90. The van der Waals surface area contributed by atoms with E-state index in [2.05, 4.69) is 12.2 Å². The van der Waals surface area contributed by atoms with Crippen molar-refractivity contribution in [2.24, 2.45) is 35.5 Å². The molecule has 4 aliphatic rings. The first-order valence-corrected chi connectivity index (χ1v) is 9.99. The molecule has 4 rings (SSSR count). The van der Waals surface area contributed by atoms with Gasteiger partial charge in [0.05, 0.1) is 13.2 Å². The van der Waals surface area contributed by atoms with Gasteiger partial charge in [0.2, 0.25) is 0 Å². The number of hydrogen-bond donors (Lipinski definition) is 0. The summed E-state index contributed by atoms with van der Waals surface area (Å²) in [4.78, 5) is 24.1. The Bertz CT molecular complexity index is 539. The van der Waals surface area contributed by atoms with E-state index in [0.29, 0.717) is 36.9 Å². The van der Waals surface area contributed by atoms with Gasteiger partial charge in [0, 0.05) is 11.8 Å². The average molecular weight is 364 g/mol. The lowest BCUT2D eigenvalue weighted by Crippen LogP contribution is -2.47. The molecule has 0 radical (unpaired) electrons. The molecule has 144 valence electrons. The van der Waals surface area contributed by atoms with Crippen LogP contribution in [0.2, 0.25) is 0 Å². The monoisotopic (exact) mass is 364 g/mol. The number of fused-ring (bicyclic) bond motifs is 9. The van der Waals surface area contributed by atoms with E-state index >= 15 is 0 Å². The molecule has 0 heterocycles. The number of carbonyl (C=O) groups is 2. The lowest BCUT2D eigenvalue weighted by molar-refractivity contribution is -0.0998. The minimum absolute atomic E-state index is 0.239. The molecule has 0 aromatic carbocycles. The third kappa shape index (κ3) is 2.87. The second-order valence-electron chi connectivity index (χ2n) is 8.03. The van der Waals surface area contributed by atoms with Crippen molar-refractivity contribution in [1.82, 2.24) is 0 Å². The van der Waals surface area contributed by atoms with Gasteiger partial charge in [0.15, 0.2) is 0 Å². The van der Waals surface area contributed by atoms with Gasteiger partial charge in [0.1, 0.15) is 12.2 Å². The van der Waals surface area contributed by atoms with Crippen molar-refractivity contribution in [3.63, 3.8) is 0 Å². The van der Waals surface area contributed by atoms with E-state index in [-0.39, 0.29) is 11.8 Å². The quantitative estimate of drug-likeness (QED) is 0.404. The number of ether oxygens (including phenoxy) is 4. The van der Waals surface area contributed by atoms with Crippen molar-refractivity contribution in [3.05, 3.63) is 12.2 Å². The molecule has 4 aliphatic carbocycles. The third-order valence-corrected chi connectivity index (χ3v) is 6.60. The van der Waals surface area contributed by atoms with Crippen LogP contribution in [0.5, 0.6) is 0 Å². The molecule has 6 heteroatoms. The van der Waals surface area contributed by atoms with Crippen LogP contribution in [0, 0.1) is 35.5 Å². The molecular weight excluding hydrogens is 336 g/mol. The highest BCUT2D eigenvalue weighted by Gasteiger charge is 2.67. The topological polar surface area (TPSA) is 71.1 Å². The van der Waals surface area contributed by atoms with E-state index in [9.17, 15) is 9.59 Å². The summed E-state index contributed by atoms with van der Waals surface area (Å²) in [5.41, 5.74) is 0. The van der Waals surface area contributed by atoms with E-state index in [1.807, 2.05) is 13.8 Å². The molecule has 0 amide bonds. The maximum Gasteiger partial charge on any atom is 0.508 e.